The lowest BCUT2D eigenvalue weighted by molar-refractivity contribution is -0.359. The first kappa shape index (κ1) is 72.0. The third-order valence-corrected chi connectivity index (χ3v) is 16.3. The third-order valence-electron chi connectivity index (χ3n) is 16.3. The maximum Gasteiger partial charge on any atom is 0.246 e. The van der Waals surface area contributed by atoms with Gasteiger partial charge in [0.25, 0.3) is 0 Å². The van der Waals surface area contributed by atoms with Crippen LogP contribution in [0.4, 0.5) is 0 Å². The van der Waals surface area contributed by atoms with Crippen molar-refractivity contribution in [3.05, 3.63) is 0 Å². The number of carbonyl (C=O) groups excluding carboxylic acids is 8. The molecule has 0 aromatic carbocycles. The van der Waals surface area contributed by atoms with Crippen LogP contribution < -0.4 is 32.3 Å². The number of nitrogens with zero attached hydrogens (tertiary/aromatic N) is 2. The molecule has 36 nitrogen and oxygen atoms in total. The lowest BCUT2D eigenvalue weighted by Gasteiger charge is -2.49. The normalized spacial score (nSPS) is 37.8. The molecule has 0 aliphatic carbocycles. The Morgan fingerprint density at radius 3 is 1.59 bits per heavy atom. The zero-order valence-electron chi connectivity index (χ0n) is 49.2. The Kier molecular flexibility index (Phi) is 26.0. The summed E-state index contributed by atoms with van der Waals surface area (Å²) in [7, 11) is 0. The molecule has 27 atom stereocenters. The molecule has 19 N–H and O–H groups in total. The van der Waals surface area contributed by atoms with Gasteiger partial charge in [-0.05, 0) is 46.5 Å². The zero-order valence-corrected chi connectivity index (χ0v) is 49.2. The number of nitrogens with one attached hydrogen (secondary N) is 5. The van der Waals surface area contributed by atoms with Crippen LogP contribution >= 0.6 is 0 Å². The van der Waals surface area contributed by atoms with Gasteiger partial charge in [-0.15, -0.1) is 0 Å². The molecule has 88 heavy (non-hydrogen) atoms. The number of amides is 8. The van der Waals surface area contributed by atoms with Crippen LogP contribution in [-0.2, 0) is 76.3 Å². The Balaban J connectivity index is 1.28. The summed E-state index contributed by atoms with van der Waals surface area (Å²) in [4.78, 5) is 110. The van der Waals surface area contributed by atoms with Crippen molar-refractivity contribution >= 4 is 47.3 Å². The molecule has 0 bridgehead atoms. The van der Waals surface area contributed by atoms with Gasteiger partial charge < -0.3 is 141 Å². The molecular formula is C52H86N8O28. The van der Waals surface area contributed by atoms with Crippen molar-refractivity contribution in [1.82, 2.24) is 36.4 Å². The van der Waals surface area contributed by atoms with E-state index in [-0.39, 0.29) is 25.9 Å². The minimum absolute atomic E-state index is 0.0586. The number of aliphatic hydroxyl groups is 12. The Labute approximate surface area is 504 Å². The van der Waals surface area contributed by atoms with Gasteiger partial charge in [0, 0.05) is 26.9 Å². The fraction of sp³-hybridized carbons (Fsp3) is 0.846. The first-order valence-corrected chi connectivity index (χ1v) is 28.9. The summed E-state index contributed by atoms with van der Waals surface area (Å²) in [6, 6.07) is -9.82. The Hall–Kier alpha value is -5.04. The molecule has 0 aromatic rings. The first-order valence-electron chi connectivity index (χ1n) is 28.9. The maximum absolute atomic E-state index is 14.6. The van der Waals surface area contributed by atoms with E-state index in [1.807, 2.05) is 0 Å². The molecule has 6 aliphatic heterocycles. The molecule has 0 spiro atoms. The number of hydrogen-bond donors (Lipinski definition) is 18. The number of hydrogen-bond acceptors (Lipinski definition) is 28. The number of aliphatic hydroxyl groups excluding tert-OH is 12. The van der Waals surface area contributed by atoms with E-state index in [1.54, 1.807) is 0 Å². The van der Waals surface area contributed by atoms with E-state index in [4.69, 9.17) is 43.6 Å². The highest BCUT2D eigenvalue weighted by atomic mass is 16.8. The Morgan fingerprint density at radius 2 is 1.06 bits per heavy atom. The van der Waals surface area contributed by atoms with Crippen LogP contribution in [0, 0.1) is 5.92 Å². The average Bonchev–Trinajstić information content (AvgIpc) is 3.27. The predicted octanol–water partition coefficient (Wildman–Crippen LogP) is -11.5. The minimum atomic E-state index is -2.12. The lowest BCUT2D eigenvalue weighted by Crippen LogP contribution is -2.69. The quantitative estimate of drug-likeness (QED) is 0.0404. The van der Waals surface area contributed by atoms with E-state index >= 15 is 0 Å². The van der Waals surface area contributed by atoms with Crippen molar-refractivity contribution in [2.75, 3.05) is 46.1 Å². The van der Waals surface area contributed by atoms with E-state index in [0.717, 1.165) is 13.8 Å². The van der Waals surface area contributed by atoms with Crippen molar-refractivity contribution in [2.24, 2.45) is 11.7 Å². The molecule has 6 fully saturated rings. The monoisotopic (exact) mass is 1270 g/mol. The van der Waals surface area contributed by atoms with Gasteiger partial charge in [-0.1, -0.05) is 6.92 Å². The Morgan fingerprint density at radius 1 is 0.545 bits per heavy atom. The summed E-state index contributed by atoms with van der Waals surface area (Å²) >= 11 is 0. The highest BCUT2D eigenvalue weighted by Gasteiger charge is 2.56. The fourth-order valence-electron chi connectivity index (χ4n) is 11.2. The van der Waals surface area contributed by atoms with Crippen molar-refractivity contribution in [3.8, 4) is 0 Å². The molecule has 0 saturated carbocycles. The Bertz CT molecular complexity index is 2400. The summed E-state index contributed by atoms with van der Waals surface area (Å²) < 4.78 is 47.4. The number of primary amides is 1. The summed E-state index contributed by atoms with van der Waals surface area (Å²) in [5.74, 6) is -7.56. The lowest BCUT2D eigenvalue weighted by atomic mass is 9.94. The van der Waals surface area contributed by atoms with Crippen LogP contribution in [0.5, 0.6) is 0 Å². The van der Waals surface area contributed by atoms with E-state index in [2.05, 4.69) is 26.6 Å². The maximum atomic E-state index is 14.6. The van der Waals surface area contributed by atoms with Gasteiger partial charge >= 0.3 is 0 Å². The molecule has 502 valence electrons. The third kappa shape index (κ3) is 16.7. The molecule has 6 rings (SSSR count). The van der Waals surface area contributed by atoms with E-state index in [0.29, 0.717) is 12.8 Å². The SMILES string of the molecule is CC(=O)NC1[C@H](OCC2O[C@H](OC(C)C(NC(=O)C(C)CO)C(=O)NC(C)C(=O)N3CCCC3C(=O)N3CCCC3C(=O)NC(C)C(N)=O)C(NC(C)=O)[C@@H](O[C@@H]3OC(CO)[C@H](O)[C@H](O)C3O)[C@H]2O)OC(CO)[C@@H](O[C@@H]2OC(CO)[C@H](O)[C@H](O)C2O)[C@@H]1O. The summed E-state index contributed by atoms with van der Waals surface area (Å²) in [5, 5.41) is 140. The second-order valence-corrected chi connectivity index (χ2v) is 22.8. The molecule has 8 amide bonds. The smallest absolute Gasteiger partial charge is 0.246 e. The second-order valence-electron chi connectivity index (χ2n) is 22.8. The molecule has 0 aromatic heterocycles. The molecule has 15 unspecified atom stereocenters. The minimum Gasteiger partial charge on any atom is -0.396 e. The van der Waals surface area contributed by atoms with Crippen LogP contribution in [-0.4, -0.2) is 323 Å². The summed E-state index contributed by atoms with van der Waals surface area (Å²) in [6.45, 7) is 3.09. The number of ether oxygens (including phenoxy) is 8. The molecule has 6 aliphatic rings. The molecule has 6 heterocycles. The van der Waals surface area contributed by atoms with Crippen molar-refractivity contribution < 1.29 is 138 Å². The highest BCUT2D eigenvalue weighted by Crippen LogP contribution is 2.34. The number of likely N-dealkylation sites (tertiary alicyclic amines) is 2. The van der Waals surface area contributed by atoms with Crippen LogP contribution in [0.1, 0.15) is 67.2 Å². The molecule has 36 heteroatoms. The van der Waals surface area contributed by atoms with Crippen molar-refractivity contribution in [2.45, 2.75) is 226 Å². The van der Waals surface area contributed by atoms with E-state index in [1.165, 1.54) is 37.5 Å². The first-order chi connectivity index (χ1) is 41.5. The van der Waals surface area contributed by atoms with Gasteiger partial charge in [0.1, 0.15) is 128 Å². The van der Waals surface area contributed by atoms with Crippen LogP contribution in [0.2, 0.25) is 0 Å². The van der Waals surface area contributed by atoms with Gasteiger partial charge in [0.2, 0.25) is 47.3 Å². The van der Waals surface area contributed by atoms with Crippen molar-refractivity contribution in [3.63, 3.8) is 0 Å². The number of carbonyl (C=O) groups is 8. The molecule has 0 radical (unpaired) electrons. The second kappa shape index (κ2) is 31.8. The van der Waals surface area contributed by atoms with Gasteiger partial charge in [0.15, 0.2) is 25.2 Å². The number of rotatable bonds is 25. The van der Waals surface area contributed by atoms with Crippen LogP contribution in [0.3, 0.4) is 0 Å². The van der Waals surface area contributed by atoms with Crippen LogP contribution in [0.15, 0.2) is 0 Å². The number of nitrogens with two attached hydrogens (primary N) is 1. The van der Waals surface area contributed by atoms with Crippen molar-refractivity contribution in [1.29, 1.82) is 0 Å². The van der Waals surface area contributed by atoms with Crippen LogP contribution in [0.25, 0.3) is 0 Å². The highest BCUT2D eigenvalue weighted by molar-refractivity contribution is 5.97. The van der Waals surface area contributed by atoms with E-state index < -0.39 is 245 Å². The molecular weight excluding hydrogens is 1180 g/mol. The predicted molar refractivity (Wildman–Crippen MR) is 287 cm³/mol. The summed E-state index contributed by atoms with van der Waals surface area (Å²) in [5.41, 5.74) is 5.33. The van der Waals surface area contributed by atoms with E-state index in [9.17, 15) is 99.6 Å². The largest absolute Gasteiger partial charge is 0.396 e. The van der Waals surface area contributed by atoms with Gasteiger partial charge in [-0.25, -0.2) is 0 Å². The van der Waals surface area contributed by atoms with Gasteiger partial charge in [-0.2, -0.15) is 0 Å². The van der Waals surface area contributed by atoms with Gasteiger partial charge in [-0.3, -0.25) is 38.4 Å². The average molecular weight is 1270 g/mol. The standard InChI is InChI=1S/C52H86N8O28/c1-18(13-61)44(76)58-30(46(78)55-20(3)47(79)60-12-8-10-25(60)48(80)59-11-7-9-24(59)45(77)54-19(2)43(53)75)21(4)82-50-32(57-23(6)66)42(88-52-40(74)38(72)34(68)27(15-63)84-52)35(69)29(86-50)17-81-49-31(56-22(5)65)36(70)41(28(16-64)85-49)87-51-39(73)37(71)33(67)26(14-62)83-51/h18-21,24-42,49-52,61-64,67-74H,7-17H2,1-6H3,(H2,53,75)(H,54,77)(H,55,78)(H,56,65)(H,57,66)(H,58,76)/t18?,19?,20?,21?,24?,25?,26?,27?,28?,29?,30?,31?,32?,33-,34-,35-,36+,37-,38-,39?,40?,41+,42+,49+,50-,51-,52-/m0/s1. The zero-order chi connectivity index (χ0) is 65.3. The fourth-order valence-corrected chi connectivity index (χ4v) is 11.2. The summed E-state index contributed by atoms with van der Waals surface area (Å²) in [6.07, 6.45) is -34.2. The topological polar surface area (TPSA) is 546 Å². The van der Waals surface area contributed by atoms with Gasteiger partial charge in [0.05, 0.1) is 45.1 Å². The molecule has 6 saturated heterocycles.